The Bertz CT molecular complexity index is 473. The molecule has 0 aromatic heterocycles. The van der Waals surface area contributed by atoms with E-state index in [4.69, 9.17) is 22.1 Å². The molecule has 17 heavy (non-hydrogen) atoms. The van der Waals surface area contributed by atoms with Crippen LogP contribution in [0.1, 0.15) is 11.7 Å². The number of halogens is 1. The number of rotatable bonds is 4. The Kier molecular flexibility index (Phi) is 4.02. The van der Waals surface area contributed by atoms with Gasteiger partial charge in [-0.3, -0.25) is 0 Å². The number of hydrogen-bond acceptors (Lipinski definition) is 2. The van der Waals surface area contributed by atoms with Crippen molar-refractivity contribution < 1.29 is 4.74 Å². The van der Waals surface area contributed by atoms with Crippen molar-refractivity contribution in [3.63, 3.8) is 0 Å². The van der Waals surface area contributed by atoms with Crippen LogP contribution in [0.25, 0.3) is 0 Å². The Morgan fingerprint density at radius 1 is 1.06 bits per heavy atom. The van der Waals surface area contributed by atoms with Gasteiger partial charge in [0, 0.05) is 11.6 Å². The second kappa shape index (κ2) is 5.71. The molecule has 0 saturated heterocycles. The number of nitrogens with two attached hydrogens (primary N) is 1. The Hall–Kier alpha value is -1.51. The highest BCUT2D eigenvalue weighted by Crippen LogP contribution is 2.23. The molecule has 1 atom stereocenters. The van der Waals surface area contributed by atoms with Crippen LogP contribution in [-0.4, -0.2) is 6.54 Å². The fourth-order valence-corrected chi connectivity index (χ4v) is 1.82. The highest BCUT2D eigenvalue weighted by Gasteiger charge is 2.11. The van der Waals surface area contributed by atoms with Crippen LogP contribution in [0.3, 0.4) is 0 Å². The maximum absolute atomic E-state index is 5.95. The number of ether oxygens (including phenoxy) is 1. The van der Waals surface area contributed by atoms with Gasteiger partial charge >= 0.3 is 0 Å². The van der Waals surface area contributed by atoms with E-state index in [9.17, 15) is 0 Å². The first-order chi connectivity index (χ1) is 8.29. The second-order valence-corrected chi connectivity index (χ2v) is 4.15. The molecule has 2 aromatic rings. The van der Waals surface area contributed by atoms with E-state index in [1.165, 1.54) is 0 Å². The van der Waals surface area contributed by atoms with E-state index in [-0.39, 0.29) is 6.10 Å². The molecule has 1 unspecified atom stereocenters. The highest BCUT2D eigenvalue weighted by atomic mass is 35.5. The first-order valence-electron chi connectivity index (χ1n) is 5.47. The molecule has 0 aliphatic carbocycles. The van der Waals surface area contributed by atoms with Gasteiger partial charge in [0.2, 0.25) is 0 Å². The molecule has 0 amide bonds. The molecule has 3 heteroatoms. The SMILES string of the molecule is NCC(Oc1ccccc1)c1cccc(Cl)c1. The topological polar surface area (TPSA) is 35.2 Å². The lowest BCUT2D eigenvalue weighted by atomic mass is 10.1. The second-order valence-electron chi connectivity index (χ2n) is 3.71. The number of para-hydroxylation sites is 1. The predicted molar refractivity (Wildman–Crippen MR) is 70.3 cm³/mol. The van der Waals surface area contributed by atoms with Crippen LogP contribution >= 0.6 is 11.6 Å². The molecule has 0 spiro atoms. The average molecular weight is 248 g/mol. The fourth-order valence-electron chi connectivity index (χ4n) is 1.62. The Morgan fingerprint density at radius 2 is 1.82 bits per heavy atom. The molecule has 2 nitrogen and oxygen atoms in total. The van der Waals surface area contributed by atoms with Crippen molar-refractivity contribution in [2.75, 3.05) is 6.54 Å². The van der Waals surface area contributed by atoms with Crippen molar-refractivity contribution in [3.05, 3.63) is 65.2 Å². The molecular formula is C14H14ClNO. The van der Waals surface area contributed by atoms with Gasteiger partial charge < -0.3 is 10.5 Å². The van der Waals surface area contributed by atoms with Gasteiger partial charge in [-0.25, -0.2) is 0 Å². The maximum atomic E-state index is 5.95. The summed E-state index contributed by atoms with van der Waals surface area (Å²) in [5.41, 5.74) is 6.72. The minimum Gasteiger partial charge on any atom is -0.484 e. The molecule has 0 heterocycles. The summed E-state index contributed by atoms with van der Waals surface area (Å²) in [6.45, 7) is 0.412. The molecule has 0 aliphatic heterocycles. The van der Waals surface area contributed by atoms with Crippen molar-refractivity contribution in [1.82, 2.24) is 0 Å². The van der Waals surface area contributed by atoms with Crippen LogP contribution in [0.4, 0.5) is 0 Å². The lowest BCUT2D eigenvalue weighted by molar-refractivity contribution is 0.214. The Labute approximate surface area is 106 Å². The van der Waals surface area contributed by atoms with Crippen LogP contribution in [0.15, 0.2) is 54.6 Å². The lowest BCUT2D eigenvalue weighted by Gasteiger charge is -2.18. The van der Waals surface area contributed by atoms with E-state index in [2.05, 4.69) is 0 Å². The van der Waals surface area contributed by atoms with Gasteiger partial charge in [-0.15, -0.1) is 0 Å². The maximum Gasteiger partial charge on any atom is 0.136 e. The minimum atomic E-state index is -0.170. The smallest absolute Gasteiger partial charge is 0.136 e. The quantitative estimate of drug-likeness (QED) is 0.899. The first-order valence-corrected chi connectivity index (χ1v) is 5.84. The van der Waals surface area contributed by atoms with E-state index in [1.54, 1.807) is 0 Å². The fraction of sp³-hybridized carbons (Fsp3) is 0.143. The van der Waals surface area contributed by atoms with E-state index < -0.39 is 0 Å². The zero-order valence-electron chi connectivity index (χ0n) is 9.34. The normalized spacial score (nSPS) is 12.1. The van der Waals surface area contributed by atoms with Crippen LogP contribution in [0.5, 0.6) is 5.75 Å². The summed E-state index contributed by atoms with van der Waals surface area (Å²) in [6, 6.07) is 17.2. The average Bonchev–Trinajstić information content (AvgIpc) is 2.37. The minimum absolute atomic E-state index is 0.170. The van der Waals surface area contributed by atoms with E-state index in [0.717, 1.165) is 11.3 Å². The van der Waals surface area contributed by atoms with Gasteiger partial charge in [-0.1, -0.05) is 41.9 Å². The molecule has 2 N–H and O–H groups in total. The van der Waals surface area contributed by atoms with Gasteiger partial charge in [-0.05, 0) is 29.8 Å². The monoisotopic (exact) mass is 247 g/mol. The molecular weight excluding hydrogens is 234 g/mol. The van der Waals surface area contributed by atoms with Crippen molar-refractivity contribution in [2.45, 2.75) is 6.10 Å². The third kappa shape index (κ3) is 3.22. The van der Waals surface area contributed by atoms with Crippen LogP contribution in [0.2, 0.25) is 5.02 Å². The summed E-state index contributed by atoms with van der Waals surface area (Å²) in [6.07, 6.45) is -0.170. The van der Waals surface area contributed by atoms with E-state index >= 15 is 0 Å². The zero-order chi connectivity index (χ0) is 12.1. The molecule has 88 valence electrons. The largest absolute Gasteiger partial charge is 0.484 e. The van der Waals surface area contributed by atoms with Gasteiger partial charge in [0.05, 0.1) is 0 Å². The molecule has 2 aromatic carbocycles. The highest BCUT2D eigenvalue weighted by molar-refractivity contribution is 6.30. The Morgan fingerprint density at radius 3 is 2.47 bits per heavy atom. The molecule has 0 fully saturated rings. The van der Waals surface area contributed by atoms with Crippen LogP contribution < -0.4 is 10.5 Å². The Balaban J connectivity index is 2.17. The van der Waals surface area contributed by atoms with Crippen LogP contribution in [0, 0.1) is 0 Å². The lowest BCUT2D eigenvalue weighted by Crippen LogP contribution is -2.18. The summed E-state index contributed by atoms with van der Waals surface area (Å²) in [5.74, 6) is 0.808. The van der Waals surface area contributed by atoms with Gasteiger partial charge in [0.15, 0.2) is 0 Å². The van der Waals surface area contributed by atoms with Crippen molar-refractivity contribution >= 4 is 11.6 Å². The first kappa shape index (κ1) is 12.0. The summed E-state index contributed by atoms with van der Waals surface area (Å²) in [5, 5.41) is 0.692. The van der Waals surface area contributed by atoms with Crippen LogP contribution in [-0.2, 0) is 0 Å². The molecule has 0 bridgehead atoms. The third-order valence-corrected chi connectivity index (χ3v) is 2.69. The number of hydrogen-bond donors (Lipinski definition) is 1. The summed E-state index contributed by atoms with van der Waals surface area (Å²) in [4.78, 5) is 0. The third-order valence-electron chi connectivity index (χ3n) is 2.46. The van der Waals surface area contributed by atoms with E-state index in [0.29, 0.717) is 11.6 Å². The van der Waals surface area contributed by atoms with E-state index in [1.807, 2.05) is 54.6 Å². The van der Waals surface area contributed by atoms with Gasteiger partial charge in [-0.2, -0.15) is 0 Å². The molecule has 2 rings (SSSR count). The summed E-state index contributed by atoms with van der Waals surface area (Å²) >= 11 is 5.95. The van der Waals surface area contributed by atoms with Gasteiger partial charge in [0.25, 0.3) is 0 Å². The standard InChI is InChI=1S/C14H14ClNO/c15-12-6-4-5-11(9-12)14(10-16)17-13-7-2-1-3-8-13/h1-9,14H,10,16H2. The molecule has 0 aliphatic rings. The molecule has 0 saturated carbocycles. The molecule has 0 radical (unpaired) electrons. The summed E-state index contributed by atoms with van der Waals surface area (Å²) < 4.78 is 5.82. The summed E-state index contributed by atoms with van der Waals surface area (Å²) in [7, 11) is 0. The van der Waals surface area contributed by atoms with Crippen molar-refractivity contribution in [2.24, 2.45) is 5.73 Å². The van der Waals surface area contributed by atoms with Gasteiger partial charge in [0.1, 0.15) is 11.9 Å². The number of benzene rings is 2. The predicted octanol–water partition coefficient (Wildman–Crippen LogP) is 3.42. The van der Waals surface area contributed by atoms with Crippen molar-refractivity contribution in [1.29, 1.82) is 0 Å². The van der Waals surface area contributed by atoms with Crippen molar-refractivity contribution in [3.8, 4) is 5.75 Å². The zero-order valence-corrected chi connectivity index (χ0v) is 10.1.